The highest BCUT2D eigenvalue weighted by Gasteiger charge is 2.40. The summed E-state index contributed by atoms with van der Waals surface area (Å²) in [6, 6.07) is 14.4. The third-order valence-electron chi connectivity index (χ3n) is 4.77. The van der Waals surface area contributed by atoms with Gasteiger partial charge >= 0.3 is 0 Å². The van der Waals surface area contributed by atoms with Crippen LogP contribution in [0.25, 0.3) is 0 Å². The monoisotopic (exact) mass is 339 g/mol. The summed E-state index contributed by atoms with van der Waals surface area (Å²) in [5.74, 6) is 0.820. The van der Waals surface area contributed by atoms with Crippen molar-refractivity contribution in [2.75, 3.05) is 26.2 Å². The van der Waals surface area contributed by atoms with E-state index >= 15 is 0 Å². The molecule has 2 aromatic rings. The van der Waals surface area contributed by atoms with Crippen molar-refractivity contribution >= 4 is 5.69 Å². The number of anilines is 1. The molecule has 1 aliphatic rings. The predicted octanol–water partition coefficient (Wildman–Crippen LogP) is 4.41. The predicted molar refractivity (Wildman–Crippen MR) is 100 cm³/mol. The van der Waals surface area contributed by atoms with Gasteiger partial charge in [0.15, 0.2) is 6.23 Å². The first-order chi connectivity index (χ1) is 12.1. The van der Waals surface area contributed by atoms with E-state index in [1.165, 1.54) is 5.56 Å². The maximum Gasteiger partial charge on any atom is 0.161 e. The molecule has 0 aromatic heterocycles. The van der Waals surface area contributed by atoms with Crippen LogP contribution < -0.4 is 9.64 Å². The first-order valence-electron chi connectivity index (χ1n) is 8.35. The van der Waals surface area contributed by atoms with Crippen molar-refractivity contribution in [3.63, 3.8) is 0 Å². The number of methoxy groups -OCH3 is 3. The summed E-state index contributed by atoms with van der Waals surface area (Å²) in [5, 5.41) is 0. The summed E-state index contributed by atoms with van der Waals surface area (Å²) in [6.45, 7) is 6.16. The Morgan fingerprint density at radius 1 is 1.00 bits per heavy atom. The van der Waals surface area contributed by atoms with Crippen LogP contribution in [0.15, 0.2) is 55.1 Å². The van der Waals surface area contributed by atoms with Gasteiger partial charge in [0.05, 0.1) is 13.2 Å². The molecule has 0 aliphatic carbocycles. The van der Waals surface area contributed by atoms with Gasteiger partial charge in [-0.05, 0) is 47.9 Å². The lowest BCUT2D eigenvalue weighted by atomic mass is 9.88. The lowest BCUT2D eigenvalue weighted by Gasteiger charge is -2.46. The Morgan fingerprint density at radius 2 is 1.80 bits per heavy atom. The van der Waals surface area contributed by atoms with Gasteiger partial charge in [-0.3, -0.25) is 0 Å². The van der Waals surface area contributed by atoms with Gasteiger partial charge in [0, 0.05) is 19.9 Å². The van der Waals surface area contributed by atoms with E-state index in [1.807, 2.05) is 12.1 Å². The molecule has 1 heterocycles. The van der Waals surface area contributed by atoms with E-state index in [9.17, 15) is 0 Å². The largest absolute Gasteiger partial charge is 0.497 e. The van der Waals surface area contributed by atoms with Crippen molar-refractivity contribution in [3.8, 4) is 5.75 Å². The Morgan fingerprint density at radius 3 is 2.40 bits per heavy atom. The van der Waals surface area contributed by atoms with E-state index in [4.69, 9.17) is 14.2 Å². The number of rotatable bonds is 5. The van der Waals surface area contributed by atoms with Crippen LogP contribution in [0.5, 0.6) is 5.75 Å². The first kappa shape index (κ1) is 17.5. The Kier molecular flexibility index (Phi) is 5.11. The second-order valence-corrected chi connectivity index (χ2v) is 6.20. The number of aryl methyl sites for hydroxylation is 1. The van der Waals surface area contributed by atoms with E-state index in [0.29, 0.717) is 0 Å². The Balaban J connectivity index is 2.20. The first-order valence-corrected chi connectivity index (χ1v) is 8.35. The van der Waals surface area contributed by atoms with Crippen LogP contribution in [0.1, 0.15) is 28.8 Å². The molecule has 4 nitrogen and oxygen atoms in total. The van der Waals surface area contributed by atoms with Crippen LogP contribution in [0.4, 0.5) is 5.69 Å². The van der Waals surface area contributed by atoms with Gasteiger partial charge in [-0.15, -0.1) is 6.58 Å². The maximum absolute atomic E-state index is 5.87. The minimum atomic E-state index is -0.254. The van der Waals surface area contributed by atoms with E-state index < -0.39 is 0 Å². The molecule has 0 radical (unpaired) electrons. The molecule has 0 N–H and O–H groups in total. The van der Waals surface area contributed by atoms with Crippen LogP contribution in [0.2, 0.25) is 0 Å². The molecule has 0 bridgehead atoms. The van der Waals surface area contributed by atoms with Crippen molar-refractivity contribution < 1.29 is 14.2 Å². The fraction of sp³-hybridized carbons (Fsp3) is 0.333. The number of benzene rings is 2. The fourth-order valence-corrected chi connectivity index (χ4v) is 3.62. The molecule has 132 valence electrons. The number of hydrogen-bond acceptors (Lipinski definition) is 4. The van der Waals surface area contributed by atoms with E-state index in [-0.39, 0.29) is 18.4 Å². The highest BCUT2D eigenvalue weighted by molar-refractivity contribution is 5.57. The van der Waals surface area contributed by atoms with Crippen LogP contribution >= 0.6 is 0 Å². The number of ether oxygens (including phenoxy) is 3. The molecule has 3 rings (SSSR count). The quantitative estimate of drug-likeness (QED) is 0.755. The molecule has 0 spiro atoms. The third kappa shape index (κ3) is 3.03. The normalized spacial score (nSPS) is 22.4. The minimum absolute atomic E-state index is 0.0387. The van der Waals surface area contributed by atoms with Crippen molar-refractivity contribution in [3.05, 3.63) is 71.8 Å². The van der Waals surface area contributed by atoms with Crippen molar-refractivity contribution in [2.24, 2.45) is 0 Å². The Hall–Kier alpha value is -2.30. The van der Waals surface area contributed by atoms with Gasteiger partial charge < -0.3 is 19.1 Å². The molecule has 0 saturated heterocycles. The molecule has 1 aliphatic heterocycles. The molecule has 25 heavy (non-hydrogen) atoms. The molecule has 0 fully saturated rings. The minimum Gasteiger partial charge on any atom is -0.497 e. The van der Waals surface area contributed by atoms with Crippen LogP contribution in [-0.2, 0) is 9.47 Å². The summed E-state index contributed by atoms with van der Waals surface area (Å²) in [5.41, 5.74) is 4.49. The average molecular weight is 339 g/mol. The zero-order valence-electron chi connectivity index (χ0n) is 15.2. The molecule has 4 heteroatoms. The van der Waals surface area contributed by atoms with Gasteiger partial charge in [-0.25, -0.2) is 0 Å². The van der Waals surface area contributed by atoms with Crippen LogP contribution in [0, 0.1) is 6.92 Å². The lowest BCUT2D eigenvalue weighted by molar-refractivity contribution is -0.0475. The summed E-state index contributed by atoms with van der Waals surface area (Å²) in [6.07, 6.45) is 1.48. The highest BCUT2D eigenvalue weighted by atomic mass is 16.5. The standard InChI is InChI=1S/C21H25NO3/c1-6-19-18-13-16(23-3)10-11-17(18)20(24-4)21(25-5)22(19)15-9-7-8-14(2)12-15/h6-13,19-21H,1H2,2-5H3. The average Bonchev–Trinajstić information content (AvgIpc) is 2.65. The molecule has 3 unspecified atom stereocenters. The lowest BCUT2D eigenvalue weighted by Crippen LogP contribution is -2.47. The Labute approximate surface area is 149 Å². The summed E-state index contributed by atoms with van der Waals surface area (Å²) >= 11 is 0. The van der Waals surface area contributed by atoms with Gasteiger partial charge in [-0.2, -0.15) is 0 Å². The van der Waals surface area contributed by atoms with Gasteiger partial charge in [0.1, 0.15) is 11.9 Å². The third-order valence-corrected chi connectivity index (χ3v) is 4.77. The van der Waals surface area contributed by atoms with Crippen molar-refractivity contribution in [1.82, 2.24) is 0 Å². The zero-order valence-corrected chi connectivity index (χ0v) is 15.2. The van der Waals surface area contributed by atoms with Crippen LogP contribution in [-0.4, -0.2) is 27.6 Å². The van der Waals surface area contributed by atoms with Gasteiger partial charge in [-0.1, -0.05) is 24.3 Å². The van der Waals surface area contributed by atoms with Crippen LogP contribution in [0.3, 0.4) is 0 Å². The van der Waals surface area contributed by atoms with E-state index in [1.54, 1.807) is 21.3 Å². The summed E-state index contributed by atoms with van der Waals surface area (Å²) in [4.78, 5) is 2.22. The molecular formula is C21H25NO3. The molecule has 2 aromatic carbocycles. The van der Waals surface area contributed by atoms with Crippen molar-refractivity contribution in [2.45, 2.75) is 25.3 Å². The molecule has 3 atom stereocenters. The molecule has 0 amide bonds. The summed E-state index contributed by atoms with van der Waals surface area (Å²) in [7, 11) is 5.11. The smallest absolute Gasteiger partial charge is 0.161 e. The second-order valence-electron chi connectivity index (χ2n) is 6.20. The van der Waals surface area contributed by atoms with E-state index in [0.717, 1.165) is 22.6 Å². The van der Waals surface area contributed by atoms with Crippen molar-refractivity contribution in [1.29, 1.82) is 0 Å². The fourth-order valence-electron chi connectivity index (χ4n) is 3.62. The second kappa shape index (κ2) is 7.30. The molecule has 0 saturated carbocycles. The Bertz CT molecular complexity index is 759. The number of fused-ring (bicyclic) bond motifs is 1. The summed E-state index contributed by atoms with van der Waals surface area (Å²) < 4.78 is 17.1. The SMILES string of the molecule is C=CC1c2cc(OC)ccc2C(OC)C(OC)N1c1cccc(C)c1. The van der Waals surface area contributed by atoms with E-state index in [2.05, 4.69) is 54.8 Å². The zero-order chi connectivity index (χ0) is 18.0. The highest BCUT2D eigenvalue weighted by Crippen LogP contribution is 2.45. The maximum atomic E-state index is 5.87. The molecular weight excluding hydrogens is 314 g/mol. The number of hydrogen-bond donors (Lipinski definition) is 0. The topological polar surface area (TPSA) is 30.9 Å². The van der Waals surface area contributed by atoms with Gasteiger partial charge in [0.25, 0.3) is 0 Å². The van der Waals surface area contributed by atoms with Gasteiger partial charge in [0.2, 0.25) is 0 Å². The number of nitrogens with zero attached hydrogens (tertiary/aromatic N) is 1.